The number of nitrogen functional groups attached to an aromatic ring is 1. The lowest BCUT2D eigenvalue weighted by atomic mass is 10.1. The lowest BCUT2D eigenvalue weighted by molar-refractivity contribution is -0.145. The number of fused-ring (bicyclic) bond motifs is 1. The Balaban J connectivity index is 1.62. The van der Waals surface area contributed by atoms with Gasteiger partial charge in [0, 0.05) is 30.8 Å². The van der Waals surface area contributed by atoms with Crippen molar-refractivity contribution >= 4 is 47.4 Å². The number of carbonyl (C=O) groups excluding carboxylic acids is 2. The Labute approximate surface area is 196 Å². The molecule has 186 valence electrons. The molecule has 0 saturated carbocycles. The Hall–Kier alpha value is -4.69. The number of carbonyl (C=O) groups is 4. The van der Waals surface area contributed by atoms with E-state index in [2.05, 4.69) is 25.9 Å². The summed E-state index contributed by atoms with van der Waals surface area (Å²) in [4.78, 5) is 65.6. The molecule has 0 saturated heterocycles. The maximum absolute atomic E-state index is 13.4. The zero-order chi connectivity index (χ0) is 25.7. The monoisotopic (exact) mass is 491 g/mol. The number of halogens is 1. The highest BCUT2D eigenvalue weighted by Gasteiger charge is 2.30. The van der Waals surface area contributed by atoms with Crippen LogP contribution in [0.25, 0.3) is 0 Å². The molecule has 0 fully saturated rings. The van der Waals surface area contributed by atoms with Crippen molar-refractivity contribution in [3.05, 3.63) is 40.2 Å². The zero-order valence-electron chi connectivity index (χ0n) is 18.0. The first kappa shape index (κ1) is 24.9. The van der Waals surface area contributed by atoms with Crippen LogP contribution >= 0.6 is 0 Å². The van der Waals surface area contributed by atoms with Gasteiger partial charge in [0.15, 0.2) is 17.7 Å². The van der Waals surface area contributed by atoms with E-state index in [9.17, 15) is 28.4 Å². The van der Waals surface area contributed by atoms with Gasteiger partial charge in [-0.15, -0.1) is 0 Å². The molecule has 1 aliphatic rings. The first-order valence-electron chi connectivity index (χ1n) is 10.2. The summed E-state index contributed by atoms with van der Waals surface area (Å²) in [7, 11) is 0. The van der Waals surface area contributed by atoms with Gasteiger partial charge < -0.3 is 36.8 Å². The average Bonchev–Trinajstić information content (AvgIpc) is 2.81. The molecule has 2 amide bonds. The van der Waals surface area contributed by atoms with Gasteiger partial charge >= 0.3 is 11.9 Å². The number of amides is 2. The van der Waals surface area contributed by atoms with Crippen LogP contribution in [0.3, 0.4) is 0 Å². The molecule has 1 aromatic carbocycles. The van der Waals surface area contributed by atoms with Crippen LogP contribution in [0.1, 0.15) is 16.8 Å². The van der Waals surface area contributed by atoms with E-state index in [0.29, 0.717) is 12.1 Å². The van der Waals surface area contributed by atoms with E-state index >= 15 is 0 Å². The van der Waals surface area contributed by atoms with Gasteiger partial charge in [-0.2, -0.15) is 4.98 Å². The van der Waals surface area contributed by atoms with E-state index in [1.54, 1.807) is 0 Å². The number of carboxylic acid groups (broad SMARTS) is 2. The predicted octanol–water partition coefficient (Wildman–Crippen LogP) is -0.783. The Kier molecular flexibility index (Phi) is 7.48. The topological polar surface area (TPSA) is 220 Å². The maximum atomic E-state index is 13.4. The number of nitrogens with two attached hydrogens (primary N) is 1. The van der Waals surface area contributed by atoms with Crippen molar-refractivity contribution in [2.75, 3.05) is 34.4 Å². The largest absolute Gasteiger partial charge is 0.480 e. The fourth-order valence-electron chi connectivity index (χ4n) is 3.40. The lowest BCUT2D eigenvalue weighted by Gasteiger charge is -2.34. The number of nitrogens with zero attached hydrogens (tertiary/aromatic N) is 2. The highest BCUT2D eigenvalue weighted by Crippen LogP contribution is 2.25. The third-order valence-corrected chi connectivity index (χ3v) is 5.19. The summed E-state index contributed by atoms with van der Waals surface area (Å²) in [6, 6.07) is 3.60. The second-order valence-corrected chi connectivity index (χ2v) is 7.56. The summed E-state index contributed by atoms with van der Waals surface area (Å²) in [5.41, 5.74) is 5.59. The average molecular weight is 491 g/mol. The molecule has 0 bridgehead atoms. The molecule has 0 spiro atoms. The first-order valence-corrected chi connectivity index (χ1v) is 10.2. The molecule has 3 atom stereocenters. The highest BCUT2D eigenvalue weighted by atomic mass is 19.1. The third-order valence-electron chi connectivity index (χ3n) is 5.19. The molecule has 8 N–H and O–H groups in total. The number of anilines is 4. The van der Waals surface area contributed by atoms with Gasteiger partial charge in [-0.25, -0.2) is 14.0 Å². The number of aliphatic carboxylic acids is 2. The molecule has 2 heterocycles. The van der Waals surface area contributed by atoms with E-state index in [1.807, 2.05) is 0 Å². The lowest BCUT2D eigenvalue weighted by Crippen LogP contribution is -2.50. The molecule has 15 heteroatoms. The number of alkyl halides is 1. The first-order chi connectivity index (χ1) is 16.6. The van der Waals surface area contributed by atoms with Crippen LogP contribution in [-0.2, 0) is 14.4 Å². The molecule has 0 radical (unpaired) electrons. The van der Waals surface area contributed by atoms with Gasteiger partial charge in [0.1, 0.15) is 6.04 Å². The van der Waals surface area contributed by atoms with E-state index in [1.165, 1.54) is 29.2 Å². The summed E-state index contributed by atoms with van der Waals surface area (Å²) < 4.78 is 13.4. The van der Waals surface area contributed by atoms with Crippen LogP contribution in [0.15, 0.2) is 29.1 Å². The second kappa shape index (κ2) is 10.5. The minimum absolute atomic E-state index is 0.0330. The normalized spacial score (nSPS) is 16.3. The molecule has 35 heavy (non-hydrogen) atoms. The van der Waals surface area contributed by atoms with Crippen LogP contribution in [0.4, 0.5) is 27.5 Å². The van der Waals surface area contributed by atoms with Gasteiger partial charge in [0.2, 0.25) is 12.4 Å². The number of hydrogen-bond acceptors (Lipinski definition) is 9. The van der Waals surface area contributed by atoms with Gasteiger partial charge in [0.25, 0.3) is 11.5 Å². The van der Waals surface area contributed by atoms with E-state index in [0.717, 1.165) is 0 Å². The van der Waals surface area contributed by atoms with Gasteiger partial charge in [-0.1, -0.05) is 0 Å². The molecule has 2 aromatic rings. The van der Waals surface area contributed by atoms with Gasteiger partial charge in [-0.05, 0) is 24.3 Å². The summed E-state index contributed by atoms with van der Waals surface area (Å²) in [5.74, 6) is -4.12. The Morgan fingerprint density at radius 3 is 2.54 bits per heavy atom. The molecule has 2 unspecified atom stereocenters. The summed E-state index contributed by atoms with van der Waals surface area (Å²) >= 11 is 0. The van der Waals surface area contributed by atoms with Crippen molar-refractivity contribution in [2.24, 2.45) is 0 Å². The van der Waals surface area contributed by atoms with E-state index in [4.69, 9.17) is 15.9 Å². The summed E-state index contributed by atoms with van der Waals surface area (Å²) in [6.45, 7) is 0.492. The number of aromatic nitrogens is 2. The van der Waals surface area contributed by atoms with Gasteiger partial charge in [-0.3, -0.25) is 19.4 Å². The van der Waals surface area contributed by atoms with Crippen molar-refractivity contribution in [3.8, 4) is 0 Å². The number of H-pyrrole nitrogens is 1. The molecular weight excluding hydrogens is 469 g/mol. The molecular formula is C20H22FN7O7. The summed E-state index contributed by atoms with van der Waals surface area (Å²) in [5, 5.41) is 25.8. The van der Waals surface area contributed by atoms with Crippen molar-refractivity contribution in [1.82, 2.24) is 15.3 Å². The maximum Gasteiger partial charge on any atom is 0.338 e. The molecule has 14 nitrogen and oxygen atoms in total. The number of hydrogen-bond donors (Lipinski definition) is 7. The molecule has 0 aliphatic carbocycles. The number of aromatic amines is 1. The van der Waals surface area contributed by atoms with Crippen LogP contribution < -0.4 is 32.1 Å². The van der Waals surface area contributed by atoms with Crippen LogP contribution in [0.5, 0.6) is 0 Å². The van der Waals surface area contributed by atoms with Gasteiger partial charge in [0.05, 0.1) is 6.04 Å². The standard InChI is InChI=1S/C20H22FN7O7/c21-12(18(32)33)5-13(19(34)35)25-16(30)9-1-3-10(4-2-9)23-6-11-7-24-15-14(28(11)8-29)17(31)27-20(22)26-15/h1-4,8,11-13,23H,5-7H2,(H,25,30)(H,32,33)(H,34,35)(H4,22,24,26,27,31)/t11?,12?,13-/m0/s1. The third kappa shape index (κ3) is 5.82. The zero-order valence-corrected chi connectivity index (χ0v) is 18.0. The summed E-state index contributed by atoms with van der Waals surface area (Å²) in [6.07, 6.45) is -2.86. The number of nitrogens with one attached hydrogen (secondary N) is 4. The molecule has 3 rings (SSSR count). The Morgan fingerprint density at radius 2 is 1.94 bits per heavy atom. The smallest absolute Gasteiger partial charge is 0.338 e. The van der Waals surface area contributed by atoms with E-state index in [-0.39, 0.29) is 36.1 Å². The number of carboxylic acids is 2. The minimum Gasteiger partial charge on any atom is -0.480 e. The molecule has 1 aromatic heterocycles. The van der Waals surface area contributed by atoms with Crippen LogP contribution in [0.2, 0.25) is 0 Å². The Bertz CT molecular complexity index is 1190. The number of rotatable bonds is 10. The van der Waals surface area contributed by atoms with Crippen molar-refractivity contribution < 1.29 is 33.8 Å². The number of benzene rings is 1. The predicted molar refractivity (Wildman–Crippen MR) is 121 cm³/mol. The SMILES string of the molecule is Nc1nc2c(c(=O)[nH]1)N(C=O)C(CNc1ccc(C(=O)N[C@@H](CC(F)C(=O)O)C(=O)O)cc1)CN2. The fraction of sp³-hybridized carbons (Fsp3) is 0.300. The van der Waals surface area contributed by atoms with Crippen molar-refractivity contribution in [3.63, 3.8) is 0 Å². The second-order valence-electron chi connectivity index (χ2n) is 7.56. The fourth-order valence-corrected chi connectivity index (χ4v) is 3.40. The van der Waals surface area contributed by atoms with Crippen LogP contribution in [-0.4, -0.2) is 75.8 Å². The van der Waals surface area contributed by atoms with Crippen molar-refractivity contribution in [1.29, 1.82) is 0 Å². The minimum atomic E-state index is -2.45. The molecule has 1 aliphatic heterocycles. The quantitative estimate of drug-likeness (QED) is 0.204. The highest BCUT2D eigenvalue weighted by molar-refractivity contribution is 5.97. The van der Waals surface area contributed by atoms with E-state index < -0.39 is 48.1 Å². The van der Waals surface area contributed by atoms with Crippen molar-refractivity contribution in [2.45, 2.75) is 24.7 Å². The van der Waals surface area contributed by atoms with Crippen LogP contribution in [0, 0.1) is 0 Å². The Morgan fingerprint density at radius 1 is 1.26 bits per heavy atom.